The second kappa shape index (κ2) is 12.9. The summed E-state index contributed by atoms with van der Waals surface area (Å²) in [6.07, 6.45) is 4.85. The van der Waals surface area contributed by atoms with Gasteiger partial charge < -0.3 is 19.7 Å². The molecule has 2 aromatic carbocycles. The average molecular weight is 587 g/mol. The number of halogens is 2. The topological polar surface area (TPSA) is 105 Å². The molecular weight excluding hydrogens is 553 g/mol. The first-order chi connectivity index (χ1) is 17.9. The second-order valence-electron chi connectivity index (χ2n) is 9.24. The molecule has 2 aromatic rings. The minimum atomic E-state index is -3.94. The fraction of sp³-hybridized carbons (Fsp3) is 0.462. The fourth-order valence-corrected chi connectivity index (χ4v) is 5.56. The third kappa shape index (κ3) is 7.45. The highest BCUT2D eigenvalue weighted by Crippen LogP contribution is 2.34. The molecule has 1 saturated carbocycles. The van der Waals surface area contributed by atoms with Crippen LogP contribution in [0.25, 0.3) is 0 Å². The maximum absolute atomic E-state index is 13.8. The van der Waals surface area contributed by atoms with Gasteiger partial charge in [0.1, 0.15) is 24.1 Å². The first-order valence-corrected chi connectivity index (χ1v) is 14.8. The van der Waals surface area contributed by atoms with Gasteiger partial charge in [0, 0.05) is 18.7 Å². The molecule has 9 nitrogen and oxygen atoms in total. The van der Waals surface area contributed by atoms with Crippen LogP contribution >= 0.6 is 23.2 Å². The normalized spacial score (nSPS) is 14.6. The number of anilines is 1. The molecule has 1 fully saturated rings. The molecule has 0 saturated heterocycles. The molecule has 2 amide bonds. The Morgan fingerprint density at radius 1 is 1.05 bits per heavy atom. The lowest BCUT2D eigenvalue weighted by Gasteiger charge is -2.32. The number of methoxy groups -OCH3 is 2. The molecule has 1 aliphatic carbocycles. The summed E-state index contributed by atoms with van der Waals surface area (Å²) in [4.78, 5) is 28.3. The molecule has 0 bridgehead atoms. The van der Waals surface area contributed by atoms with Gasteiger partial charge in [0.2, 0.25) is 21.8 Å². The number of carbonyl (C=O) groups is 2. The van der Waals surface area contributed by atoms with Gasteiger partial charge in [0.15, 0.2) is 0 Å². The van der Waals surface area contributed by atoms with E-state index in [1.54, 1.807) is 37.3 Å². The van der Waals surface area contributed by atoms with Crippen LogP contribution in [0.5, 0.6) is 11.5 Å². The van der Waals surface area contributed by atoms with Crippen molar-refractivity contribution in [2.45, 2.75) is 51.2 Å². The molecule has 1 aliphatic rings. The van der Waals surface area contributed by atoms with Gasteiger partial charge in [-0.2, -0.15) is 0 Å². The quantitative estimate of drug-likeness (QED) is 0.422. The number of benzene rings is 2. The molecule has 0 radical (unpaired) electrons. The molecule has 1 N–H and O–H groups in total. The van der Waals surface area contributed by atoms with Crippen LogP contribution in [0, 0.1) is 0 Å². The van der Waals surface area contributed by atoms with Crippen molar-refractivity contribution in [2.75, 3.05) is 31.3 Å². The smallest absolute Gasteiger partial charge is 0.244 e. The number of sulfonamides is 1. The molecule has 1 unspecified atom stereocenters. The van der Waals surface area contributed by atoms with E-state index >= 15 is 0 Å². The van der Waals surface area contributed by atoms with Crippen LogP contribution in [0.3, 0.4) is 0 Å². The number of hydrogen-bond donors (Lipinski definition) is 1. The molecule has 0 aliphatic heterocycles. The lowest BCUT2D eigenvalue weighted by atomic mass is 10.1. The highest BCUT2D eigenvalue weighted by molar-refractivity contribution is 7.92. The van der Waals surface area contributed by atoms with Crippen LogP contribution in [-0.4, -0.2) is 64.2 Å². The number of nitrogens with one attached hydrogen (secondary N) is 1. The summed E-state index contributed by atoms with van der Waals surface area (Å²) in [6.45, 7) is 1.07. The van der Waals surface area contributed by atoms with Crippen molar-refractivity contribution < 1.29 is 27.5 Å². The molecule has 208 valence electrons. The maximum Gasteiger partial charge on any atom is 0.244 e. The summed E-state index contributed by atoms with van der Waals surface area (Å²) in [6, 6.07) is 8.76. The summed E-state index contributed by atoms with van der Waals surface area (Å²) in [7, 11) is -1.09. The van der Waals surface area contributed by atoms with E-state index < -0.39 is 28.5 Å². The van der Waals surface area contributed by atoms with Crippen LogP contribution in [0.15, 0.2) is 36.4 Å². The van der Waals surface area contributed by atoms with Crippen LogP contribution in [0.2, 0.25) is 10.0 Å². The van der Waals surface area contributed by atoms with Crippen molar-refractivity contribution >= 4 is 50.7 Å². The van der Waals surface area contributed by atoms with Crippen LogP contribution < -0.4 is 19.1 Å². The lowest BCUT2D eigenvalue weighted by molar-refractivity contribution is -0.139. The summed E-state index contributed by atoms with van der Waals surface area (Å²) in [5, 5.41) is 3.68. The first-order valence-electron chi connectivity index (χ1n) is 12.2. The monoisotopic (exact) mass is 585 g/mol. The van der Waals surface area contributed by atoms with Crippen molar-refractivity contribution in [3.63, 3.8) is 0 Å². The molecule has 1 atom stereocenters. The summed E-state index contributed by atoms with van der Waals surface area (Å²) < 4.78 is 37.3. The SMILES string of the molecule is COc1ccc(OC)c(N(CC(=O)N(Cc2ccc(Cl)c(Cl)c2)C(C)C(=O)NC2CCCC2)S(C)(=O)=O)c1. The van der Waals surface area contributed by atoms with E-state index in [1.807, 2.05) is 0 Å². The van der Waals surface area contributed by atoms with Crippen molar-refractivity contribution in [1.29, 1.82) is 0 Å². The summed E-state index contributed by atoms with van der Waals surface area (Å²) in [5.41, 5.74) is 0.776. The van der Waals surface area contributed by atoms with Crippen molar-refractivity contribution in [3.8, 4) is 11.5 Å². The molecule has 0 heterocycles. The van der Waals surface area contributed by atoms with Gasteiger partial charge in [0.05, 0.1) is 36.2 Å². The molecule has 38 heavy (non-hydrogen) atoms. The van der Waals surface area contributed by atoms with E-state index in [-0.39, 0.29) is 29.9 Å². The number of nitrogens with zero attached hydrogens (tertiary/aromatic N) is 2. The predicted octanol–water partition coefficient (Wildman–Crippen LogP) is 4.25. The Labute approximate surface area is 234 Å². The maximum atomic E-state index is 13.8. The largest absolute Gasteiger partial charge is 0.497 e. The average Bonchev–Trinajstić information content (AvgIpc) is 3.39. The molecule has 3 rings (SSSR count). The minimum absolute atomic E-state index is 0.0157. The van der Waals surface area contributed by atoms with E-state index in [0.29, 0.717) is 21.4 Å². The van der Waals surface area contributed by atoms with Crippen molar-refractivity contribution in [2.24, 2.45) is 0 Å². The molecule has 0 aromatic heterocycles. The van der Waals surface area contributed by atoms with E-state index in [4.69, 9.17) is 32.7 Å². The van der Waals surface area contributed by atoms with Crippen LogP contribution in [0.1, 0.15) is 38.2 Å². The molecular formula is C26H33Cl2N3O6S. The third-order valence-electron chi connectivity index (χ3n) is 6.54. The lowest BCUT2D eigenvalue weighted by Crippen LogP contribution is -2.52. The van der Waals surface area contributed by atoms with Gasteiger partial charge >= 0.3 is 0 Å². The zero-order valence-corrected chi connectivity index (χ0v) is 24.2. The predicted molar refractivity (Wildman–Crippen MR) is 149 cm³/mol. The van der Waals surface area contributed by atoms with Gasteiger partial charge in [-0.3, -0.25) is 13.9 Å². The summed E-state index contributed by atoms with van der Waals surface area (Å²) in [5.74, 6) is -0.262. The minimum Gasteiger partial charge on any atom is -0.497 e. The Morgan fingerprint density at radius 2 is 1.74 bits per heavy atom. The molecule has 0 spiro atoms. The van der Waals surface area contributed by atoms with E-state index in [9.17, 15) is 18.0 Å². The second-order valence-corrected chi connectivity index (χ2v) is 12.0. The van der Waals surface area contributed by atoms with Crippen molar-refractivity contribution in [1.82, 2.24) is 10.2 Å². The number of carbonyl (C=O) groups excluding carboxylic acids is 2. The number of rotatable bonds is 11. The zero-order chi connectivity index (χ0) is 28.0. The van der Waals surface area contributed by atoms with Gasteiger partial charge in [-0.25, -0.2) is 8.42 Å². The van der Waals surface area contributed by atoms with Crippen LogP contribution in [0.4, 0.5) is 5.69 Å². The van der Waals surface area contributed by atoms with E-state index in [1.165, 1.54) is 25.2 Å². The first kappa shape index (κ1) is 29.9. The summed E-state index contributed by atoms with van der Waals surface area (Å²) >= 11 is 12.2. The Kier molecular flexibility index (Phi) is 10.1. The Hall–Kier alpha value is -2.69. The third-order valence-corrected chi connectivity index (χ3v) is 8.41. The van der Waals surface area contributed by atoms with E-state index in [2.05, 4.69) is 5.32 Å². The van der Waals surface area contributed by atoms with Gasteiger partial charge in [-0.15, -0.1) is 0 Å². The van der Waals surface area contributed by atoms with Gasteiger partial charge in [-0.05, 0) is 49.6 Å². The number of amides is 2. The highest BCUT2D eigenvalue weighted by Gasteiger charge is 2.32. The van der Waals surface area contributed by atoms with Gasteiger partial charge in [-0.1, -0.05) is 42.1 Å². The Morgan fingerprint density at radius 3 is 2.32 bits per heavy atom. The Bertz CT molecular complexity index is 1270. The van der Waals surface area contributed by atoms with Crippen LogP contribution in [-0.2, 0) is 26.2 Å². The number of hydrogen-bond acceptors (Lipinski definition) is 6. The number of ether oxygens (including phenoxy) is 2. The Balaban J connectivity index is 1.96. The highest BCUT2D eigenvalue weighted by atomic mass is 35.5. The van der Waals surface area contributed by atoms with Gasteiger partial charge in [0.25, 0.3) is 0 Å². The standard InChI is InChI=1S/C26H33Cl2N3O6S/c1-17(26(33)29-19-7-5-6-8-19)30(15-18-9-11-21(27)22(28)13-18)25(32)16-31(38(4,34)35)23-14-20(36-2)10-12-24(23)37-3/h9-14,17,19H,5-8,15-16H2,1-4H3,(H,29,33). The fourth-order valence-electron chi connectivity index (χ4n) is 4.40. The van der Waals surface area contributed by atoms with Crippen molar-refractivity contribution in [3.05, 3.63) is 52.0 Å². The van der Waals surface area contributed by atoms with E-state index in [0.717, 1.165) is 36.2 Å². The molecule has 12 heteroatoms. The zero-order valence-electron chi connectivity index (χ0n) is 21.9.